The van der Waals surface area contributed by atoms with E-state index in [1.807, 2.05) is 36.6 Å². The summed E-state index contributed by atoms with van der Waals surface area (Å²) in [4.78, 5) is 9.51. The number of rotatable bonds is 3. The van der Waals surface area contributed by atoms with Gasteiger partial charge >= 0.3 is 0 Å². The topological polar surface area (TPSA) is 45.6 Å². The molecule has 29 heavy (non-hydrogen) atoms. The Bertz CT molecular complexity index is 1000. The van der Waals surface area contributed by atoms with Crippen molar-refractivity contribution in [3.8, 4) is 10.4 Å². The molecule has 1 fully saturated rings. The van der Waals surface area contributed by atoms with E-state index < -0.39 is 0 Å². The Morgan fingerprint density at radius 3 is 2.66 bits per heavy atom. The fourth-order valence-electron chi connectivity index (χ4n) is 4.56. The average Bonchev–Trinajstić information content (AvgIpc) is 3.20. The Morgan fingerprint density at radius 2 is 1.93 bits per heavy atom. The van der Waals surface area contributed by atoms with Crippen molar-refractivity contribution in [1.29, 1.82) is 0 Å². The van der Waals surface area contributed by atoms with Crippen LogP contribution in [0.2, 0.25) is 0 Å². The van der Waals surface area contributed by atoms with Crippen LogP contribution >= 0.6 is 11.3 Å². The Hall–Kier alpha value is -2.21. The fourth-order valence-corrected chi connectivity index (χ4v) is 5.98. The van der Waals surface area contributed by atoms with Gasteiger partial charge in [-0.3, -0.25) is 4.98 Å². The second kappa shape index (κ2) is 7.56. The van der Waals surface area contributed by atoms with Gasteiger partial charge in [0.25, 0.3) is 0 Å². The van der Waals surface area contributed by atoms with Crippen molar-refractivity contribution in [1.82, 2.24) is 4.98 Å². The van der Waals surface area contributed by atoms with E-state index in [9.17, 15) is 5.11 Å². The van der Waals surface area contributed by atoms with Gasteiger partial charge in [-0.1, -0.05) is 24.3 Å². The normalized spacial score (nSPS) is 18.1. The van der Waals surface area contributed by atoms with Gasteiger partial charge < -0.3 is 14.7 Å². The van der Waals surface area contributed by atoms with E-state index in [1.165, 1.54) is 26.6 Å². The molecule has 0 atom stereocenters. The molecule has 150 valence electrons. The van der Waals surface area contributed by atoms with Crippen molar-refractivity contribution in [2.45, 2.75) is 38.4 Å². The number of nitrogens with zero attached hydrogens (tertiary/aromatic N) is 2. The smallest absolute Gasteiger partial charge is 0.106 e. The molecule has 3 aromatic rings. The lowest BCUT2D eigenvalue weighted by Crippen LogP contribution is -2.46. The zero-order valence-electron chi connectivity index (χ0n) is 16.7. The number of aromatic nitrogens is 1. The van der Waals surface area contributed by atoms with Gasteiger partial charge in [0.1, 0.15) is 5.60 Å². The van der Waals surface area contributed by atoms with Crippen LogP contribution in [0.4, 0.5) is 5.69 Å². The molecule has 0 unspecified atom stereocenters. The first-order chi connectivity index (χ1) is 14.2. The minimum Gasteiger partial charge on any atom is -0.392 e. The van der Waals surface area contributed by atoms with Crippen molar-refractivity contribution in [3.05, 3.63) is 70.4 Å². The maximum absolute atomic E-state index is 9.30. The summed E-state index contributed by atoms with van der Waals surface area (Å²) in [7, 11) is 0. The Labute approximate surface area is 175 Å². The van der Waals surface area contributed by atoms with E-state index in [2.05, 4.69) is 40.2 Å². The zero-order chi connectivity index (χ0) is 19.8. The monoisotopic (exact) mass is 406 g/mol. The third-order valence-corrected chi connectivity index (χ3v) is 7.62. The molecule has 0 aliphatic carbocycles. The number of anilines is 1. The maximum atomic E-state index is 9.30. The van der Waals surface area contributed by atoms with Gasteiger partial charge in [0.2, 0.25) is 0 Å². The lowest BCUT2D eigenvalue weighted by atomic mass is 9.85. The second-order valence-corrected chi connectivity index (χ2v) is 9.11. The molecule has 1 aromatic carbocycles. The molecule has 0 radical (unpaired) electrons. The predicted octanol–water partition coefficient (Wildman–Crippen LogP) is 4.68. The van der Waals surface area contributed by atoms with Crippen LogP contribution in [0.5, 0.6) is 0 Å². The lowest BCUT2D eigenvalue weighted by Gasteiger charge is -2.44. The molecule has 2 aliphatic heterocycles. The highest BCUT2D eigenvalue weighted by molar-refractivity contribution is 7.15. The van der Waals surface area contributed by atoms with Gasteiger partial charge in [-0.05, 0) is 61.1 Å². The molecular formula is C24H26N2O2S. The minimum atomic E-state index is -0.139. The standard InChI is InChI=1S/C24H26N2O2S/c1-17-14-21(6-10-25-17)26-11-8-24(9-12-26)23-20(7-13-28-24)15-22(29-23)19-4-2-18(16-27)3-5-19/h2-6,10,14-15,27H,7-9,11-13,16H2,1H3. The molecule has 1 spiro atoms. The van der Waals surface area contributed by atoms with E-state index in [0.717, 1.165) is 50.2 Å². The number of hydrogen-bond acceptors (Lipinski definition) is 5. The third kappa shape index (κ3) is 3.48. The van der Waals surface area contributed by atoms with Gasteiger partial charge in [-0.25, -0.2) is 0 Å². The molecule has 4 nitrogen and oxygen atoms in total. The number of aliphatic hydroxyl groups excluding tert-OH is 1. The first kappa shape index (κ1) is 18.8. The molecule has 2 aliphatic rings. The second-order valence-electron chi connectivity index (χ2n) is 8.06. The van der Waals surface area contributed by atoms with Crippen LogP contribution in [-0.4, -0.2) is 29.8 Å². The minimum absolute atomic E-state index is 0.0890. The van der Waals surface area contributed by atoms with Gasteiger partial charge in [0.05, 0.1) is 13.2 Å². The summed E-state index contributed by atoms with van der Waals surface area (Å²) < 4.78 is 6.46. The van der Waals surface area contributed by atoms with Gasteiger partial charge in [-0.2, -0.15) is 0 Å². The third-order valence-electron chi connectivity index (χ3n) is 6.21. The molecule has 2 aromatic heterocycles. The number of thiophene rings is 1. The summed E-state index contributed by atoms with van der Waals surface area (Å²) >= 11 is 1.89. The zero-order valence-corrected chi connectivity index (χ0v) is 17.5. The van der Waals surface area contributed by atoms with Crippen molar-refractivity contribution in [2.75, 3.05) is 24.6 Å². The summed E-state index contributed by atoms with van der Waals surface area (Å²) in [5.74, 6) is 0. The average molecular weight is 407 g/mol. The molecule has 4 heterocycles. The van der Waals surface area contributed by atoms with E-state index in [0.29, 0.717) is 0 Å². The van der Waals surface area contributed by atoms with Crippen molar-refractivity contribution >= 4 is 17.0 Å². The lowest BCUT2D eigenvalue weighted by molar-refractivity contribution is -0.0735. The highest BCUT2D eigenvalue weighted by atomic mass is 32.1. The SMILES string of the molecule is Cc1cc(N2CCC3(CC2)OCCc2cc(-c4ccc(CO)cc4)sc23)ccn1. The number of hydrogen-bond donors (Lipinski definition) is 1. The highest BCUT2D eigenvalue weighted by Gasteiger charge is 2.42. The molecule has 0 bridgehead atoms. The van der Waals surface area contributed by atoms with Crippen LogP contribution in [0.1, 0.15) is 34.5 Å². The van der Waals surface area contributed by atoms with E-state index in [4.69, 9.17) is 4.74 Å². The molecule has 5 heteroatoms. The molecular weight excluding hydrogens is 380 g/mol. The van der Waals surface area contributed by atoms with Crippen LogP contribution in [0.25, 0.3) is 10.4 Å². The number of fused-ring (bicyclic) bond motifs is 2. The molecule has 5 rings (SSSR count). The van der Waals surface area contributed by atoms with E-state index >= 15 is 0 Å². The Balaban J connectivity index is 1.40. The quantitative estimate of drug-likeness (QED) is 0.686. The van der Waals surface area contributed by atoms with Crippen molar-refractivity contribution < 1.29 is 9.84 Å². The van der Waals surface area contributed by atoms with Crippen LogP contribution in [-0.2, 0) is 23.4 Å². The fraction of sp³-hybridized carbons (Fsp3) is 0.375. The van der Waals surface area contributed by atoms with Crippen LogP contribution in [0.15, 0.2) is 48.7 Å². The first-order valence-corrected chi connectivity index (χ1v) is 11.1. The number of aliphatic hydroxyl groups is 1. The maximum Gasteiger partial charge on any atom is 0.106 e. The highest BCUT2D eigenvalue weighted by Crippen LogP contribution is 2.47. The molecule has 1 N–H and O–H groups in total. The predicted molar refractivity (Wildman–Crippen MR) is 117 cm³/mol. The Morgan fingerprint density at radius 1 is 1.14 bits per heavy atom. The summed E-state index contributed by atoms with van der Waals surface area (Å²) in [6.07, 6.45) is 4.93. The first-order valence-electron chi connectivity index (χ1n) is 10.3. The number of pyridine rings is 1. The van der Waals surface area contributed by atoms with E-state index in [1.54, 1.807) is 0 Å². The van der Waals surface area contributed by atoms with Crippen LogP contribution in [0, 0.1) is 6.92 Å². The van der Waals surface area contributed by atoms with Gasteiger partial charge in [0.15, 0.2) is 0 Å². The van der Waals surface area contributed by atoms with Gasteiger partial charge in [0, 0.05) is 40.4 Å². The number of aryl methyl sites for hydroxylation is 1. The van der Waals surface area contributed by atoms with E-state index in [-0.39, 0.29) is 12.2 Å². The Kier molecular flexibility index (Phi) is 4.90. The molecule has 0 amide bonds. The summed E-state index contributed by atoms with van der Waals surface area (Å²) in [6.45, 7) is 4.95. The van der Waals surface area contributed by atoms with Crippen molar-refractivity contribution in [3.63, 3.8) is 0 Å². The summed E-state index contributed by atoms with van der Waals surface area (Å²) in [6, 6.07) is 14.9. The largest absolute Gasteiger partial charge is 0.392 e. The summed E-state index contributed by atoms with van der Waals surface area (Å²) in [5.41, 5.74) is 5.82. The molecule has 0 saturated carbocycles. The number of piperidine rings is 1. The van der Waals surface area contributed by atoms with Crippen molar-refractivity contribution in [2.24, 2.45) is 0 Å². The number of benzene rings is 1. The summed E-state index contributed by atoms with van der Waals surface area (Å²) in [5, 5.41) is 9.30. The van der Waals surface area contributed by atoms with Gasteiger partial charge in [-0.15, -0.1) is 11.3 Å². The van der Waals surface area contributed by atoms with Crippen LogP contribution in [0.3, 0.4) is 0 Å². The molecule has 1 saturated heterocycles. The number of ether oxygens (including phenoxy) is 1. The van der Waals surface area contributed by atoms with Crippen LogP contribution < -0.4 is 4.90 Å².